The summed E-state index contributed by atoms with van der Waals surface area (Å²) >= 11 is 0. The van der Waals surface area contributed by atoms with Crippen molar-refractivity contribution < 1.29 is 4.74 Å². The normalized spacial score (nSPS) is 9.69. The van der Waals surface area contributed by atoms with Crippen molar-refractivity contribution in [2.45, 2.75) is 13.5 Å². The van der Waals surface area contributed by atoms with Crippen LogP contribution in [-0.4, -0.2) is 16.7 Å². The van der Waals surface area contributed by atoms with Crippen LogP contribution in [0.2, 0.25) is 0 Å². The van der Waals surface area contributed by atoms with Crippen LogP contribution in [0.4, 0.5) is 0 Å². The number of hydrogen-bond donors (Lipinski definition) is 0. The molecule has 0 N–H and O–H groups in total. The zero-order valence-corrected chi connectivity index (χ0v) is 7.78. The van der Waals surface area contributed by atoms with E-state index in [1.165, 1.54) is 17.7 Å². The van der Waals surface area contributed by atoms with Crippen LogP contribution in [0.1, 0.15) is 5.69 Å². The second-order valence-electron chi connectivity index (χ2n) is 2.62. The molecule has 0 radical (unpaired) electrons. The third kappa shape index (κ3) is 1.96. The minimum atomic E-state index is -0.121. The lowest BCUT2D eigenvalue weighted by Gasteiger charge is -2.07. The highest BCUT2D eigenvalue weighted by atomic mass is 16.5. The Morgan fingerprint density at radius 2 is 2.46 bits per heavy atom. The first-order valence-corrected chi connectivity index (χ1v) is 3.92. The molecule has 0 atom stereocenters. The van der Waals surface area contributed by atoms with Gasteiger partial charge in [0.25, 0.3) is 11.6 Å². The maximum atomic E-state index is 11.4. The lowest BCUT2D eigenvalue weighted by Crippen LogP contribution is -2.21. The first-order chi connectivity index (χ1) is 6.19. The van der Waals surface area contributed by atoms with Crippen molar-refractivity contribution in [3.05, 3.63) is 34.8 Å². The number of aryl methyl sites for hydroxylation is 1. The Bertz CT molecular complexity index is 368. The summed E-state index contributed by atoms with van der Waals surface area (Å²) < 4.78 is 6.38. The molecule has 70 valence electrons. The van der Waals surface area contributed by atoms with Crippen LogP contribution in [0.5, 0.6) is 6.01 Å². The lowest BCUT2D eigenvalue weighted by atomic mass is 10.4. The molecule has 0 spiro atoms. The Labute approximate surface area is 76.5 Å². The van der Waals surface area contributed by atoms with Gasteiger partial charge in [-0.15, -0.1) is 6.58 Å². The highest BCUT2D eigenvalue weighted by molar-refractivity contribution is 5.07. The number of allylic oxidation sites excluding steroid dienone is 1. The van der Waals surface area contributed by atoms with Gasteiger partial charge < -0.3 is 4.74 Å². The van der Waals surface area contributed by atoms with E-state index in [9.17, 15) is 4.79 Å². The van der Waals surface area contributed by atoms with Gasteiger partial charge in [-0.2, -0.15) is 0 Å². The molecule has 0 saturated heterocycles. The van der Waals surface area contributed by atoms with E-state index in [0.717, 1.165) is 0 Å². The quantitative estimate of drug-likeness (QED) is 0.644. The Balaban J connectivity index is 3.29. The highest BCUT2D eigenvalue weighted by Crippen LogP contribution is 2.03. The molecule has 0 aliphatic heterocycles. The number of rotatable bonds is 3. The highest BCUT2D eigenvalue weighted by Gasteiger charge is 2.04. The molecule has 1 rings (SSSR count). The van der Waals surface area contributed by atoms with E-state index in [2.05, 4.69) is 11.6 Å². The van der Waals surface area contributed by atoms with Crippen LogP contribution in [0.25, 0.3) is 0 Å². The summed E-state index contributed by atoms with van der Waals surface area (Å²) in [7, 11) is 1.49. The van der Waals surface area contributed by atoms with E-state index >= 15 is 0 Å². The number of nitrogens with zero attached hydrogens (tertiary/aromatic N) is 2. The van der Waals surface area contributed by atoms with Crippen molar-refractivity contribution in [2.24, 2.45) is 0 Å². The average Bonchev–Trinajstić information content (AvgIpc) is 2.09. The Kier molecular flexibility index (Phi) is 2.84. The van der Waals surface area contributed by atoms with Gasteiger partial charge in [0.15, 0.2) is 0 Å². The van der Waals surface area contributed by atoms with Crippen molar-refractivity contribution >= 4 is 0 Å². The summed E-state index contributed by atoms with van der Waals surface area (Å²) in [6, 6.07) is 1.79. The molecule has 4 nitrogen and oxygen atoms in total. The first kappa shape index (κ1) is 9.51. The molecule has 0 unspecified atom stereocenters. The summed E-state index contributed by atoms with van der Waals surface area (Å²) in [4.78, 5) is 15.5. The van der Waals surface area contributed by atoms with E-state index in [1.54, 1.807) is 13.0 Å². The van der Waals surface area contributed by atoms with Gasteiger partial charge in [-0.3, -0.25) is 9.36 Å². The molecule has 0 saturated carbocycles. The van der Waals surface area contributed by atoms with Gasteiger partial charge in [-0.1, -0.05) is 6.08 Å². The van der Waals surface area contributed by atoms with Crippen LogP contribution < -0.4 is 10.3 Å². The standard InChI is InChI=1S/C9H12N2O2/c1-4-5-11-8(12)6-7(2)10-9(11)13-3/h4,6H,1,5H2,2-3H3. The predicted octanol–water partition coefficient (Wildman–Crippen LogP) is 0.746. The molecule has 0 fully saturated rings. The molecule has 0 aliphatic carbocycles. The molecule has 1 heterocycles. The van der Waals surface area contributed by atoms with Crippen LogP contribution >= 0.6 is 0 Å². The van der Waals surface area contributed by atoms with Crippen LogP contribution in [0.15, 0.2) is 23.5 Å². The summed E-state index contributed by atoms with van der Waals surface area (Å²) in [5, 5.41) is 0. The molecule has 13 heavy (non-hydrogen) atoms. The number of hydrogen-bond acceptors (Lipinski definition) is 3. The fraction of sp³-hybridized carbons (Fsp3) is 0.333. The molecule has 1 aromatic rings. The van der Waals surface area contributed by atoms with E-state index in [0.29, 0.717) is 18.2 Å². The van der Waals surface area contributed by atoms with Gasteiger partial charge in [0, 0.05) is 18.3 Å². The second-order valence-corrected chi connectivity index (χ2v) is 2.62. The molecule has 0 aliphatic rings. The van der Waals surface area contributed by atoms with Crippen LogP contribution in [-0.2, 0) is 6.54 Å². The fourth-order valence-corrected chi connectivity index (χ4v) is 1.05. The minimum Gasteiger partial charge on any atom is -0.468 e. The smallest absolute Gasteiger partial charge is 0.299 e. The zero-order chi connectivity index (χ0) is 9.84. The molecular weight excluding hydrogens is 168 g/mol. The topological polar surface area (TPSA) is 44.1 Å². The Hall–Kier alpha value is -1.58. The molecule has 1 aromatic heterocycles. The lowest BCUT2D eigenvalue weighted by molar-refractivity contribution is 0.351. The van der Waals surface area contributed by atoms with Gasteiger partial charge >= 0.3 is 0 Å². The van der Waals surface area contributed by atoms with E-state index in [4.69, 9.17) is 4.74 Å². The monoisotopic (exact) mass is 180 g/mol. The van der Waals surface area contributed by atoms with Crippen molar-refractivity contribution in [2.75, 3.05) is 7.11 Å². The van der Waals surface area contributed by atoms with Crippen molar-refractivity contribution in [3.63, 3.8) is 0 Å². The molecule has 0 aromatic carbocycles. The Morgan fingerprint density at radius 1 is 1.77 bits per heavy atom. The van der Waals surface area contributed by atoms with E-state index < -0.39 is 0 Å². The number of methoxy groups -OCH3 is 1. The number of ether oxygens (including phenoxy) is 1. The largest absolute Gasteiger partial charge is 0.468 e. The van der Waals surface area contributed by atoms with E-state index in [1.807, 2.05) is 0 Å². The van der Waals surface area contributed by atoms with Gasteiger partial charge in [-0.05, 0) is 6.92 Å². The van der Waals surface area contributed by atoms with Gasteiger partial charge in [0.05, 0.1) is 7.11 Å². The van der Waals surface area contributed by atoms with Crippen molar-refractivity contribution in [1.82, 2.24) is 9.55 Å². The maximum Gasteiger partial charge on any atom is 0.299 e. The third-order valence-electron chi connectivity index (χ3n) is 1.60. The molecule has 4 heteroatoms. The second kappa shape index (κ2) is 3.89. The van der Waals surface area contributed by atoms with E-state index in [-0.39, 0.29) is 5.56 Å². The van der Waals surface area contributed by atoms with Crippen molar-refractivity contribution in [3.8, 4) is 6.01 Å². The maximum absolute atomic E-state index is 11.4. The average molecular weight is 180 g/mol. The van der Waals surface area contributed by atoms with Crippen molar-refractivity contribution in [1.29, 1.82) is 0 Å². The summed E-state index contributed by atoms with van der Waals surface area (Å²) in [5.74, 6) is 0. The molecular formula is C9H12N2O2. The van der Waals surface area contributed by atoms with Crippen LogP contribution in [0.3, 0.4) is 0 Å². The van der Waals surface area contributed by atoms with Gasteiger partial charge in [-0.25, -0.2) is 4.98 Å². The van der Waals surface area contributed by atoms with Gasteiger partial charge in [0.1, 0.15) is 0 Å². The number of aromatic nitrogens is 2. The summed E-state index contributed by atoms with van der Waals surface area (Å²) in [5.41, 5.74) is 0.534. The minimum absolute atomic E-state index is 0.121. The summed E-state index contributed by atoms with van der Waals surface area (Å²) in [6.07, 6.45) is 1.63. The predicted molar refractivity (Wildman–Crippen MR) is 50.0 cm³/mol. The van der Waals surface area contributed by atoms with Gasteiger partial charge in [0.2, 0.25) is 0 Å². The third-order valence-corrected chi connectivity index (χ3v) is 1.60. The zero-order valence-electron chi connectivity index (χ0n) is 7.78. The summed E-state index contributed by atoms with van der Waals surface area (Å²) in [6.45, 7) is 5.72. The van der Waals surface area contributed by atoms with Crippen LogP contribution in [0, 0.1) is 6.92 Å². The SMILES string of the molecule is C=CCn1c(OC)nc(C)cc1=O. The molecule has 0 bridgehead atoms. The fourth-order valence-electron chi connectivity index (χ4n) is 1.05. The molecule has 0 amide bonds. The first-order valence-electron chi connectivity index (χ1n) is 3.92. The Morgan fingerprint density at radius 3 is 3.00 bits per heavy atom.